The van der Waals surface area contributed by atoms with Crippen LogP contribution in [0.1, 0.15) is 25.7 Å². The lowest BCUT2D eigenvalue weighted by Gasteiger charge is -2.32. The van der Waals surface area contributed by atoms with Gasteiger partial charge in [-0.3, -0.25) is 14.2 Å². The minimum atomic E-state index is -0.802. The van der Waals surface area contributed by atoms with E-state index in [0.29, 0.717) is 25.0 Å². The van der Waals surface area contributed by atoms with Crippen LogP contribution in [-0.2, 0) is 16.1 Å². The summed E-state index contributed by atoms with van der Waals surface area (Å²) in [5.41, 5.74) is 1.15. The van der Waals surface area contributed by atoms with Crippen LogP contribution >= 0.6 is 0 Å². The molecule has 0 radical (unpaired) electrons. The lowest BCUT2D eigenvalue weighted by Crippen LogP contribution is -2.42. The second-order valence-electron chi connectivity index (χ2n) is 6.31. The van der Waals surface area contributed by atoms with Gasteiger partial charge in [0.1, 0.15) is 6.54 Å². The number of rotatable bonds is 5. The molecule has 0 bridgehead atoms. The number of nitrogens with one attached hydrogen (secondary N) is 1. The van der Waals surface area contributed by atoms with Crippen molar-refractivity contribution in [1.29, 1.82) is 0 Å². The Labute approximate surface area is 138 Å². The van der Waals surface area contributed by atoms with Crippen LogP contribution in [0.15, 0.2) is 29.1 Å². The maximum atomic E-state index is 12.6. The quantitative estimate of drug-likeness (QED) is 0.866. The summed E-state index contributed by atoms with van der Waals surface area (Å²) in [5.74, 6) is -0.677. The molecule has 1 atom stereocenters. The van der Waals surface area contributed by atoms with Crippen LogP contribution in [0.4, 0.5) is 0 Å². The van der Waals surface area contributed by atoms with Gasteiger partial charge in [0.2, 0.25) is 5.91 Å². The first-order valence-electron chi connectivity index (χ1n) is 8.21. The van der Waals surface area contributed by atoms with Crippen molar-refractivity contribution in [3.63, 3.8) is 0 Å². The molecule has 2 heterocycles. The molecule has 0 aliphatic carbocycles. The zero-order valence-electron chi connectivity index (χ0n) is 13.4. The van der Waals surface area contributed by atoms with Crippen molar-refractivity contribution in [3.05, 3.63) is 34.7 Å². The summed E-state index contributed by atoms with van der Waals surface area (Å²) < 4.78 is 1.46. The van der Waals surface area contributed by atoms with Gasteiger partial charge in [-0.05, 0) is 37.3 Å². The summed E-state index contributed by atoms with van der Waals surface area (Å²) in [7, 11) is 0. The molecule has 0 saturated carbocycles. The summed E-state index contributed by atoms with van der Waals surface area (Å²) in [6.07, 6.45) is 2.55. The number of carbonyl (C=O) groups excluding carboxylic acids is 1. The van der Waals surface area contributed by atoms with E-state index in [1.54, 1.807) is 11.0 Å². The Morgan fingerprint density at radius 1 is 1.29 bits per heavy atom. The number of carboxylic acid groups (broad SMARTS) is 1. The van der Waals surface area contributed by atoms with Gasteiger partial charge in [0.05, 0.1) is 11.0 Å². The number of para-hydroxylation sites is 2. The van der Waals surface area contributed by atoms with Gasteiger partial charge in [0.25, 0.3) is 0 Å². The van der Waals surface area contributed by atoms with E-state index >= 15 is 0 Å². The SMILES string of the molecule is O=C(O)CC[C@H]1CCCN(C(=O)Cn2c(=O)[nH]c3ccccc32)C1. The molecule has 1 aromatic heterocycles. The number of amides is 1. The first kappa shape index (κ1) is 16.3. The normalized spacial score (nSPS) is 18.0. The highest BCUT2D eigenvalue weighted by Gasteiger charge is 2.24. The highest BCUT2D eigenvalue weighted by Crippen LogP contribution is 2.21. The van der Waals surface area contributed by atoms with Gasteiger partial charge >= 0.3 is 11.7 Å². The molecule has 2 aromatic rings. The van der Waals surface area contributed by atoms with Crippen LogP contribution in [-0.4, -0.2) is 44.5 Å². The third-order valence-corrected chi connectivity index (χ3v) is 4.61. The summed E-state index contributed by atoms with van der Waals surface area (Å²) in [4.78, 5) is 39.9. The monoisotopic (exact) mass is 331 g/mol. The van der Waals surface area contributed by atoms with Crippen LogP contribution in [0.3, 0.4) is 0 Å². The maximum Gasteiger partial charge on any atom is 0.326 e. The van der Waals surface area contributed by atoms with Crippen molar-refractivity contribution in [2.45, 2.75) is 32.2 Å². The van der Waals surface area contributed by atoms with Crippen molar-refractivity contribution < 1.29 is 14.7 Å². The standard InChI is InChI=1S/C17H21N3O4/c21-15(19-9-3-4-12(10-19)7-8-16(22)23)11-20-14-6-2-1-5-13(14)18-17(20)24/h1-2,5-6,12H,3-4,7-11H2,(H,18,24)(H,22,23)/t12-/m1/s1. The molecule has 7 heteroatoms. The molecule has 1 amide bonds. The van der Waals surface area contributed by atoms with E-state index in [4.69, 9.17) is 5.11 Å². The Balaban J connectivity index is 1.69. The fourth-order valence-corrected chi connectivity index (χ4v) is 3.35. The average molecular weight is 331 g/mol. The number of carboxylic acids is 1. The molecule has 0 unspecified atom stereocenters. The molecule has 1 fully saturated rings. The van der Waals surface area contributed by atoms with Crippen LogP contribution in [0.25, 0.3) is 11.0 Å². The van der Waals surface area contributed by atoms with Gasteiger partial charge < -0.3 is 15.0 Å². The highest BCUT2D eigenvalue weighted by molar-refractivity contribution is 5.80. The lowest BCUT2D eigenvalue weighted by molar-refractivity contribution is -0.137. The summed E-state index contributed by atoms with van der Waals surface area (Å²) in [5, 5.41) is 8.80. The maximum absolute atomic E-state index is 12.6. The van der Waals surface area contributed by atoms with Crippen molar-refractivity contribution in [3.8, 4) is 0 Å². The number of aromatic amines is 1. The van der Waals surface area contributed by atoms with Crippen LogP contribution in [0.2, 0.25) is 0 Å². The number of hydrogen-bond donors (Lipinski definition) is 2. The van der Waals surface area contributed by atoms with Crippen LogP contribution in [0.5, 0.6) is 0 Å². The molecule has 3 rings (SSSR count). The number of piperidine rings is 1. The predicted molar refractivity (Wildman–Crippen MR) is 88.7 cm³/mol. The number of carbonyl (C=O) groups is 2. The molecule has 7 nitrogen and oxygen atoms in total. The summed E-state index contributed by atoms with van der Waals surface area (Å²) in [6, 6.07) is 7.29. The van der Waals surface area contributed by atoms with Crippen molar-refractivity contribution in [1.82, 2.24) is 14.5 Å². The van der Waals surface area contributed by atoms with Crippen molar-refractivity contribution >= 4 is 22.9 Å². The minimum Gasteiger partial charge on any atom is -0.481 e. The van der Waals surface area contributed by atoms with E-state index in [0.717, 1.165) is 18.4 Å². The molecule has 1 aromatic carbocycles. The van der Waals surface area contributed by atoms with Crippen LogP contribution < -0.4 is 5.69 Å². The van der Waals surface area contributed by atoms with E-state index in [9.17, 15) is 14.4 Å². The topological polar surface area (TPSA) is 95.4 Å². The molecule has 0 spiro atoms. The number of H-pyrrole nitrogens is 1. The molecule has 1 saturated heterocycles. The van der Waals surface area contributed by atoms with Gasteiger partial charge in [-0.2, -0.15) is 0 Å². The van der Waals surface area contributed by atoms with E-state index in [1.807, 2.05) is 18.2 Å². The molecule has 2 N–H and O–H groups in total. The second kappa shape index (κ2) is 6.90. The second-order valence-corrected chi connectivity index (χ2v) is 6.31. The smallest absolute Gasteiger partial charge is 0.326 e. The van der Waals surface area contributed by atoms with Crippen molar-refractivity contribution in [2.75, 3.05) is 13.1 Å². The number of aliphatic carboxylic acids is 1. The molecule has 1 aliphatic heterocycles. The summed E-state index contributed by atoms with van der Waals surface area (Å²) in [6.45, 7) is 1.25. The van der Waals surface area contributed by atoms with E-state index < -0.39 is 5.97 Å². The highest BCUT2D eigenvalue weighted by atomic mass is 16.4. The fraction of sp³-hybridized carbons (Fsp3) is 0.471. The lowest BCUT2D eigenvalue weighted by atomic mass is 9.93. The number of aromatic nitrogens is 2. The number of benzene rings is 1. The van der Waals surface area contributed by atoms with Gasteiger partial charge in [-0.25, -0.2) is 4.79 Å². The molecular formula is C17H21N3O4. The first-order chi connectivity index (χ1) is 11.5. The number of hydrogen-bond acceptors (Lipinski definition) is 3. The third kappa shape index (κ3) is 3.50. The van der Waals surface area contributed by atoms with E-state index in [1.165, 1.54) is 4.57 Å². The number of fused-ring (bicyclic) bond motifs is 1. The third-order valence-electron chi connectivity index (χ3n) is 4.61. The molecular weight excluding hydrogens is 310 g/mol. The molecule has 24 heavy (non-hydrogen) atoms. The van der Waals surface area contributed by atoms with Gasteiger partial charge in [-0.1, -0.05) is 12.1 Å². The first-order valence-corrected chi connectivity index (χ1v) is 8.21. The Bertz CT molecular complexity index is 808. The number of likely N-dealkylation sites (tertiary alicyclic amines) is 1. The predicted octanol–water partition coefficient (Wildman–Crippen LogP) is 1.43. The number of imidazole rings is 1. The van der Waals surface area contributed by atoms with E-state index in [-0.39, 0.29) is 30.5 Å². The van der Waals surface area contributed by atoms with Gasteiger partial charge in [0.15, 0.2) is 0 Å². The van der Waals surface area contributed by atoms with Gasteiger partial charge in [-0.15, -0.1) is 0 Å². The Morgan fingerprint density at radius 3 is 2.88 bits per heavy atom. The largest absolute Gasteiger partial charge is 0.481 e. The molecule has 128 valence electrons. The number of nitrogens with zero attached hydrogens (tertiary/aromatic N) is 2. The van der Waals surface area contributed by atoms with E-state index in [2.05, 4.69) is 4.98 Å². The van der Waals surface area contributed by atoms with Crippen molar-refractivity contribution in [2.24, 2.45) is 5.92 Å². The fourth-order valence-electron chi connectivity index (χ4n) is 3.35. The molecule has 1 aliphatic rings. The van der Waals surface area contributed by atoms with Gasteiger partial charge in [0, 0.05) is 19.5 Å². The summed E-state index contributed by atoms with van der Waals surface area (Å²) >= 11 is 0. The zero-order valence-corrected chi connectivity index (χ0v) is 13.4. The average Bonchev–Trinajstić information content (AvgIpc) is 2.89. The minimum absolute atomic E-state index is 0.00843. The Kier molecular flexibility index (Phi) is 4.69. The Morgan fingerprint density at radius 2 is 2.08 bits per heavy atom. The zero-order chi connectivity index (χ0) is 17.1. The Hall–Kier alpha value is -2.57. The van der Waals surface area contributed by atoms with Crippen LogP contribution in [0, 0.1) is 5.92 Å².